The predicted octanol–water partition coefficient (Wildman–Crippen LogP) is 5.24. The minimum absolute atomic E-state index is 0.0495. The number of nitrogens with zero attached hydrogens (tertiary/aromatic N) is 2. The molecule has 0 atom stereocenters. The molecule has 2 aromatic carbocycles. The summed E-state index contributed by atoms with van der Waals surface area (Å²) >= 11 is 0. The van der Waals surface area contributed by atoms with Crippen molar-refractivity contribution in [2.75, 3.05) is 25.0 Å². The molecule has 0 aliphatic heterocycles. The Morgan fingerprint density at radius 3 is 2.50 bits per heavy atom. The zero-order valence-corrected chi connectivity index (χ0v) is 19.4. The lowest BCUT2D eigenvalue weighted by molar-refractivity contribution is -0.132. The highest BCUT2D eigenvalue weighted by atomic mass is 19.1. The molecule has 0 spiro atoms. The monoisotopic (exact) mass is 463 g/mol. The van der Waals surface area contributed by atoms with Gasteiger partial charge in [-0.1, -0.05) is 36.4 Å². The summed E-state index contributed by atoms with van der Waals surface area (Å²) in [6, 6.07) is 19.1. The maximum atomic E-state index is 13.6. The summed E-state index contributed by atoms with van der Waals surface area (Å²) < 4.78 is 19.3. The van der Waals surface area contributed by atoms with Crippen molar-refractivity contribution in [3.05, 3.63) is 89.6 Å². The van der Waals surface area contributed by atoms with Crippen LogP contribution in [-0.2, 0) is 17.8 Å². The highest BCUT2D eigenvalue weighted by Gasteiger charge is 2.29. The highest BCUT2D eigenvalue weighted by molar-refractivity contribution is 5.92. The average Bonchev–Trinajstić information content (AvgIpc) is 3.55. The van der Waals surface area contributed by atoms with Gasteiger partial charge in [0.25, 0.3) is 0 Å². The SMILES string of the molecule is Cc1ccc(CN(CCc2ccccc2)C(=O)CN(CC2CC2)C(=O)Nc2cccc(F)c2)o1. The first kappa shape index (κ1) is 23.5. The van der Waals surface area contributed by atoms with Gasteiger partial charge in [-0.05, 0) is 68.0 Å². The first-order valence-electron chi connectivity index (χ1n) is 11.6. The van der Waals surface area contributed by atoms with E-state index < -0.39 is 11.8 Å². The third kappa shape index (κ3) is 6.94. The first-order chi connectivity index (χ1) is 16.5. The summed E-state index contributed by atoms with van der Waals surface area (Å²) in [5, 5.41) is 2.73. The molecule has 0 saturated heterocycles. The minimum Gasteiger partial charge on any atom is -0.464 e. The summed E-state index contributed by atoms with van der Waals surface area (Å²) in [4.78, 5) is 29.7. The molecule has 1 fully saturated rings. The number of benzene rings is 2. The number of urea groups is 1. The number of carbonyl (C=O) groups is 2. The fourth-order valence-electron chi connectivity index (χ4n) is 3.82. The first-order valence-corrected chi connectivity index (χ1v) is 11.6. The molecular formula is C27H30FN3O3. The van der Waals surface area contributed by atoms with Crippen molar-refractivity contribution >= 4 is 17.6 Å². The zero-order chi connectivity index (χ0) is 23.9. The molecule has 0 bridgehead atoms. The number of hydrogen-bond acceptors (Lipinski definition) is 3. The van der Waals surface area contributed by atoms with Crippen molar-refractivity contribution in [1.82, 2.24) is 9.80 Å². The van der Waals surface area contributed by atoms with E-state index in [0.29, 0.717) is 43.4 Å². The number of amides is 3. The number of aryl methyl sites for hydroxylation is 1. The second-order valence-electron chi connectivity index (χ2n) is 8.83. The van der Waals surface area contributed by atoms with Crippen molar-refractivity contribution < 1.29 is 18.4 Å². The molecule has 3 amide bonds. The molecule has 0 radical (unpaired) electrons. The highest BCUT2D eigenvalue weighted by Crippen LogP contribution is 2.30. The lowest BCUT2D eigenvalue weighted by atomic mass is 10.1. The van der Waals surface area contributed by atoms with E-state index in [1.165, 1.54) is 23.1 Å². The van der Waals surface area contributed by atoms with Gasteiger partial charge in [0, 0.05) is 18.8 Å². The quantitative estimate of drug-likeness (QED) is 0.447. The summed E-state index contributed by atoms with van der Waals surface area (Å²) in [6.07, 6.45) is 2.78. The molecule has 178 valence electrons. The van der Waals surface area contributed by atoms with Gasteiger partial charge in [-0.3, -0.25) is 4.79 Å². The van der Waals surface area contributed by atoms with Crippen molar-refractivity contribution in [1.29, 1.82) is 0 Å². The standard InChI is InChI=1S/C27H30FN3O3/c1-20-10-13-25(34-20)18-30(15-14-21-6-3-2-4-7-21)26(32)19-31(17-22-11-12-22)27(33)29-24-9-5-8-23(28)16-24/h2-10,13,16,22H,11-12,14-15,17-19H2,1H3,(H,29,33). The molecule has 1 heterocycles. The largest absolute Gasteiger partial charge is 0.464 e. The molecule has 1 N–H and O–H groups in total. The van der Waals surface area contributed by atoms with Crippen LogP contribution < -0.4 is 5.32 Å². The van der Waals surface area contributed by atoms with E-state index in [4.69, 9.17) is 4.42 Å². The molecular weight excluding hydrogens is 433 g/mol. The molecule has 1 aliphatic rings. The van der Waals surface area contributed by atoms with Gasteiger partial charge in [0.15, 0.2) is 0 Å². The van der Waals surface area contributed by atoms with Gasteiger partial charge < -0.3 is 19.5 Å². The number of anilines is 1. The minimum atomic E-state index is -0.427. The fraction of sp³-hybridized carbons (Fsp3) is 0.333. The number of hydrogen-bond donors (Lipinski definition) is 1. The molecule has 1 aromatic heterocycles. The van der Waals surface area contributed by atoms with Crippen LogP contribution in [0, 0.1) is 18.7 Å². The van der Waals surface area contributed by atoms with Gasteiger partial charge in [-0.2, -0.15) is 0 Å². The van der Waals surface area contributed by atoms with E-state index in [1.807, 2.05) is 49.4 Å². The lowest BCUT2D eigenvalue weighted by Gasteiger charge is -2.27. The van der Waals surface area contributed by atoms with Crippen molar-refractivity contribution in [3.63, 3.8) is 0 Å². The number of nitrogens with one attached hydrogen (secondary N) is 1. The number of carbonyl (C=O) groups excluding carboxylic acids is 2. The molecule has 6 nitrogen and oxygen atoms in total. The number of furan rings is 1. The van der Waals surface area contributed by atoms with E-state index in [9.17, 15) is 14.0 Å². The fourth-order valence-corrected chi connectivity index (χ4v) is 3.82. The van der Waals surface area contributed by atoms with E-state index >= 15 is 0 Å². The van der Waals surface area contributed by atoms with Crippen LogP contribution in [-0.4, -0.2) is 41.4 Å². The van der Waals surface area contributed by atoms with E-state index in [2.05, 4.69) is 5.32 Å². The summed E-state index contributed by atoms with van der Waals surface area (Å²) in [7, 11) is 0. The maximum Gasteiger partial charge on any atom is 0.322 e. The molecule has 4 rings (SSSR count). The summed E-state index contributed by atoms with van der Waals surface area (Å²) in [5.41, 5.74) is 1.50. The van der Waals surface area contributed by atoms with Gasteiger partial charge >= 0.3 is 6.03 Å². The number of rotatable bonds is 10. The summed E-state index contributed by atoms with van der Waals surface area (Å²) in [5.74, 6) is 1.31. The Hall–Kier alpha value is -3.61. The van der Waals surface area contributed by atoms with E-state index in [-0.39, 0.29) is 12.5 Å². The van der Waals surface area contributed by atoms with Gasteiger partial charge in [0.1, 0.15) is 23.9 Å². The predicted molar refractivity (Wildman–Crippen MR) is 129 cm³/mol. The van der Waals surface area contributed by atoms with Crippen LogP contribution in [0.3, 0.4) is 0 Å². The number of halogens is 1. The van der Waals surface area contributed by atoms with E-state index in [1.54, 1.807) is 11.0 Å². The van der Waals surface area contributed by atoms with Gasteiger partial charge in [0.05, 0.1) is 6.54 Å². The van der Waals surface area contributed by atoms with Crippen LogP contribution in [0.5, 0.6) is 0 Å². The van der Waals surface area contributed by atoms with Gasteiger partial charge in [-0.15, -0.1) is 0 Å². The van der Waals surface area contributed by atoms with Crippen LogP contribution >= 0.6 is 0 Å². The zero-order valence-electron chi connectivity index (χ0n) is 19.4. The normalized spacial score (nSPS) is 12.9. The molecule has 7 heteroatoms. The Morgan fingerprint density at radius 2 is 1.82 bits per heavy atom. The topological polar surface area (TPSA) is 65.8 Å². The molecule has 0 unspecified atom stereocenters. The van der Waals surface area contributed by atoms with Crippen LogP contribution in [0.15, 0.2) is 71.1 Å². The molecule has 3 aromatic rings. The Bertz CT molecular complexity index is 1110. The Kier molecular flexibility index (Phi) is 7.62. The third-order valence-electron chi connectivity index (χ3n) is 5.87. The van der Waals surface area contributed by atoms with Crippen molar-refractivity contribution in [3.8, 4) is 0 Å². The third-order valence-corrected chi connectivity index (χ3v) is 5.87. The Labute approximate surface area is 199 Å². The van der Waals surface area contributed by atoms with Crippen LogP contribution in [0.1, 0.15) is 29.9 Å². The smallest absolute Gasteiger partial charge is 0.322 e. The Balaban J connectivity index is 1.45. The molecule has 34 heavy (non-hydrogen) atoms. The lowest BCUT2D eigenvalue weighted by Crippen LogP contribution is -2.45. The molecule has 1 saturated carbocycles. The van der Waals surface area contributed by atoms with Crippen molar-refractivity contribution in [2.24, 2.45) is 5.92 Å². The van der Waals surface area contributed by atoms with Crippen LogP contribution in [0.4, 0.5) is 14.9 Å². The van der Waals surface area contributed by atoms with E-state index in [0.717, 1.165) is 24.2 Å². The second kappa shape index (κ2) is 11.0. The Morgan fingerprint density at radius 1 is 1.03 bits per heavy atom. The van der Waals surface area contributed by atoms with Crippen LogP contribution in [0.2, 0.25) is 0 Å². The average molecular weight is 464 g/mol. The molecule has 1 aliphatic carbocycles. The van der Waals surface area contributed by atoms with Crippen molar-refractivity contribution in [2.45, 2.75) is 32.7 Å². The van der Waals surface area contributed by atoms with Crippen LogP contribution in [0.25, 0.3) is 0 Å². The van der Waals surface area contributed by atoms with Gasteiger partial charge in [-0.25, -0.2) is 9.18 Å². The van der Waals surface area contributed by atoms with Gasteiger partial charge in [0.2, 0.25) is 5.91 Å². The summed E-state index contributed by atoms with van der Waals surface area (Å²) in [6.45, 7) is 3.16. The maximum absolute atomic E-state index is 13.6. The second-order valence-corrected chi connectivity index (χ2v) is 8.83.